The fraction of sp³-hybridized carbons (Fsp3) is 0.231. The Balaban J connectivity index is 1.91. The molecule has 1 amide bonds. The molecule has 94 valence electrons. The van der Waals surface area contributed by atoms with Gasteiger partial charge in [0.15, 0.2) is 0 Å². The topological polar surface area (TPSA) is 51.2 Å². The van der Waals surface area contributed by atoms with Crippen LogP contribution in [0.15, 0.2) is 35.8 Å². The normalized spacial score (nSPS) is 10.1. The summed E-state index contributed by atoms with van der Waals surface area (Å²) >= 11 is 1.69. The van der Waals surface area contributed by atoms with Crippen molar-refractivity contribution in [3.05, 3.63) is 46.3 Å². The number of amides is 1. The van der Waals surface area contributed by atoms with Crippen LogP contribution in [-0.2, 0) is 6.42 Å². The highest BCUT2D eigenvalue weighted by Crippen LogP contribution is 2.13. The van der Waals surface area contributed by atoms with Gasteiger partial charge >= 0.3 is 0 Å². The number of thiophene rings is 1. The first-order chi connectivity index (χ1) is 8.81. The number of rotatable bonds is 5. The summed E-state index contributed by atoms with van der Waals surface area (Å²) in [6.45, 7) is 0.609. The Morgan fingerprint density at radius 2 is 2.33 bits per heavy atom. The second-order valence-corrected chi connectivity index (χ2v) is 4.68. The number of nitrogens with one attached hydrogen (secondary N) is 1. The van der Waals surface area contributed by atoms with Crippen LogP contribution in [-0.4, -0.2) is 24.5 Å². The molecule has 0 aliphatic heterocycles. The molecular formula is C13H14N2O2S. The van der Waals surface area contributed by atoms with Crippen LogP contribution in [0, 0.1) is 0 Å². The Morgan fingerprint density at radius 3 is 3.06 bits per heavy atom. The number of carbonyl (C=O) groups excluding carboxylic acids is 1. The molecule has 18 heavy (non-hydrogen) atoms. The SMILES string of the molecule is COc1ncccc1C(=O)NCCc1cccs1. The van der Waals surface area contributed by atoms with Crippen molar-refractivity contribution in [2.24, 2.45) is 0 Å². The van der Waals surface area contributed by atoms with Gasteiger partial charge in [-0.05, 0) is 30.0 Å². The Hall–Kier alpha value is -1.88. The van der Waals surface area contributed by atoms with Crippen molar-refractivity contribution in [1.29, 1.82) is 0 Å². The Kier molecular flexibility index (Phi) is 4.30. The molecule has 0 saturated carbocycles. The summed E-state index contributed by atoms with van der Waals surface area (Å²) in [5.74, 6) is 0.197. The molecular weight excluding hydrogens is 248 g/mol. The molecule has 0 saturated heterocycles. The van der Waals surface area contributed by atoms with E-state index in [4.69, 9.17) is 4.74 Å². The summed E-state index contributed by atoms with van der Waals surface area (Å²) in [5, 5.41) is 4.89. The summed E-state index contributed by atoms with van der Waals surface area (Å²) < 4.78 is 5.05. The van der Waals surface area contributed by atoms with E-state index in [1.54, 1.807) is 29.7 Å². The van der Waals surface area contributed by atoms with Crippen molar-refractivity contribution >= 4 is 17.2 Å². The van der Waals surface area contributed by atoms with Crippen LogP contribution in [0.3, 0.4) is 0 Å². The zero-order valence-corrected chi connectivity index (χ0v) is 10.9. The van der Waals surface area contributed by atoms with Gasteiger partial charge < -0.3 is 10.1 Å². The molecule has 2 heterocycles. The molecule has 4 nitrogen and oxygen atoms in total. The average molecular weight is 262 g/mol. The minimum atomic E-state index is -0.156. The third kappa shape index (κ3) is 3.07. The first kappa shape index (κ1) is 12.6. The summed E-state index contributed by atoms with van der Waals surface area (Å²) in [6.07, 6.45) is 2.44. The zero-order valence-electron chi connectivity index (χ0n) is 10.1. The van der Waals surface area contributed by atoms with Crippen LogP contribution in [0.5, 0.6) is 5.88 Å². The average Bonchev–Trinajstić information content (AvgIpc) is 2.91. The molecule has 0 aliphatic carbocycles. The van der Waals surface area contributed by atoms with Crippen molar-refractivity contribution in [2.45, 2.75) is 6.42 Å². The van der Waals surface area contributed by atoms with Crippen LogP contribution in [0.1, 0.15) is 15.2 Å². The minimum Gasteiger partial charge on any atom is -0.480 e. The number of aromatic nitrogens is 1. The van der Waals surface area contributed by atoms with Gasteiger partial charge in [-0.25, -0.2) is 4.98 Å². The standard InChI is InChI=1S/C13H14N2O2S/c1-17-13-11(5-2-7-15-13)12(16)14-8-6-10-4-3-9-18-10/h2-5,7,9H,6,8H2,1H3,(H,14,16). The van der Waals surface area contributed by atoms with E-state index in [1.807, 2.05) is 11.4 Å². The molecule has 0 bridgehead atoms. The van der Waals surface area contributed by atoms with Crippen molar-refractivity contribution in [2.75, 3.05) is 13.7 Å². The molecule has 0 fully saturated rings. The predicted molar refractivity (Wildman–Crippen MR) is 71.1 cm³/mol. The van der Waals surface area contributed by atoms with E-state index >= 15 is 0 Å². The van der Waals surface area contributed by atoms with Crippen LogP contribution in [0.4, 0.5) is 0 Å². The van der Waals surface area contributed by atoms with Gasteiger partial charge in [-0.2, -0.15) is 0 Å². The van der Waals surface area contributed by atoms with E-state index in [0.717, 1.165) is 6.42 Å². The van der Waals surface area contributed by atoms with Crippen molar-refractivity contribution < 1.29 is 9.53 Å². The lowest BCUT2D eigenvalue weighted by atomic mass is 10.2. The quantitative estimate of drug-likeness (QED) is 0.898. The molecule has 0 unspecified atom stereocenters. The van der Waals surface area contributed by atoms with Crippen LogP contribution in [0.2, 0.25) is 0 Å². The maximum absolute atomic E-state index is 11.9. The van der Waals surface area contributed by atoms with Crippen LogP contribution >= 0.6 is 11.3 Å². The third-order valence-electron chi connectivity index (χ3n) is 2.45. The van der Waals surface area contributed by atoms with Gasteiger partial charge in [0, 0.05) is 17.6 Å². The van der Waals surface area contributed by atoms with Gasteiger partial charge in [0.05, 0.1) is 7.11 Å². The molecule has 2 rings (SSSR count). The third-order valence-corrected chi connectivity index (χ3v) is 3.38. The summed E-state index contributed by atoms with van der Waals surface area (Å²) in [5.41, 5.74) is 0.464. The van der Waals surface area contributed by atoms with E-state index < -0.39 is 0 Å². The van der Waals surface area contributed by atoms with Crippen molar-refractivity contribution in [3.8, 4) is 5.88 Å². The molecule has 0 spiro atoms. The number of hydrogen-bond acceptors (Lipinski definition) is 4. The smallest absolute Gasteiger partial charge is 0.256 e. The van der Waals surface area contributed by atoms with Gasteiger partial charge in [0.1, 0.15) is 5.56 Å². The van der Waals surface area contributed by atoms with E-state index in [9.17, 15) is 4.79 Å². The first-order valence-electron chi connectivity index (χ1n) is 5.61. The highest BCUT2D eigenvalue weighted by molar-refractivity contribution is 7.09. The Bertz CT molecular complexity index is 511. The number of nitrogens with zero attached hydrogens (tertiary/aromatic N) is 1. The van der Waals surface area contributed by atoms with E-state index in [1.165, 1.54) is 12.0 Å². The van der Waals surface area contributed by atoms with Gasteiger partial charge in [0.25, 0.3) is 5.91 Å². The predicted octanol–water partition coefficient (Wildman–Crippen LogP) is 2.12. The molecule has 0 radical (unpaired) electrons. The minimum absolute atomic E-state index is 0.156. The van der Waals surface area contributed by atoms with Gasteiger partial charge in [-0.15, -0.1) is 11.3 Å². The Morgan fingerprint density at radius 1 is 1.44 bits per heavy atom. The van der Waals surface area contributed by atoms with Crippen molar-refractivity contribution in [1.82, 2.24) is 10.3 Å². The highest BCUT2D eigenvalue weighted by Gasteiger charge is 2.11. The second-order valence-electron chi connectivity index (χ2n) is 3.65. The lowest BCUT2D eigenvalue weighted by Crippen LogP contribution is -2.26. The monoisotopic (exact) mass is 262 g/mol. The largest absolute Gasteiger partial charge is 0.480 e. The number of pyridine rings is 1. The molecule has 5 heteroatoms. The maximum Gasteiger partial charge on any atom is 0.256 e. The maximum atomic E-state index is 11.9. The van der Waals surface area contributed by atoms with E-state index in [0.29, 0.717) is 18.0 Å². The zero-order chi connectivity index (χ0) is 12.8. The van der Waals surface area contributed by atoms with Gasteiger partial charge in [-0.3, -0.25) is 4.79 Å². The number of ether oxygens (including phenoxy) is 1. The Labute approximate surface area is 110 Å². The number of methoxy groups -OCH3 is 1. The fourth-order valence-electron chi connectivity index (χ4n) is 1.58. The molecule has 2 aromatic heterocycles. The lowest BCUT2D eigenvalue weighted by molar-refractivity contribution is 0.0950. The van der Waals surface area contributed by atoms with Gasteiger partial charge in [-0.1, -0.05) is 6.07 Å². The fourth-order valence-corrected chi connectivity index (χ4v) is 2.28. The molecule has 0 aromatic carbocycles. The van der Waals surface area contributed by atoms with E-state index in [2.05, 4.69) is 16.4 Å². The summed E-state index contributed by atoms with van der Waals surface area (Å²) in [4.78, 5) is 17.2. The lowest BCUT2D eigenvalue weighted by Gasteiger charge is -2.07. The van der Waals surface area contributed by atoms with E-state index in [-0.39, 0.29) is 5.91 Å². The highest BCUT2D eigenvalue weighted by atomic mass is 32.1. The number of carbonyl (C=O) groups is 1. The molecule has 0 aliphatic rings. The second kappa shape index (κ2) is 6.16. The van der Waals surface area contributed by atoms with Crippen LogP contribution in [0.25, 0.3) is 0 Å². The summed E-state index contributed by atoms with van der Waals surface area (Å²) in [7, 11) is 1.50. The van der Waals surface area contributed by atoms with Gasteiger partial charge in [0.2, 0.25) is 5.88 Å². The van der Waals surface area contributed by atoms with Crippen LogP contribution < -0.4 is 10.1 Å². The molecule has 1 N–H and O–H groups in total. The summed E-state index contributed by atoms with van der Waals surface area (Å²) in [6, 6.07) is 7.48. The van der Waals surface area contributed by atoms with Crippen molar-refractivity contribution in [3.63, 3.8) is 0 Å². The molecule has 2 aromatic rings. The number of hydrogen-bond donors (Lipinski definition) is 1. The molecule has 0 atom stereocenters. The first-order valence-corrected chi connectivity index (χ1v) is 6.49.